The van der Waals surface area contributed by atoms with Crippen LogP contribution >= 0.6 is 0 Å². The lowest BCUT2D eigenvalue weighted by Gasteiger charge is -2.10. The van der Waals surface area contributed by atoms with E-state index in [0.717, 1.165) is 6.07 Å². The summed E-state index contributed by atoms with van der Waals surface area (Å²) in [5.41, 5.74) is -0.142. The Balaban J connectivity index is 2.67. The number of rotatable bonds is 4. The molecule has 0 saturated heterocycles. The van der Waals surface area contributed by atoms with Crippen LogP contribution in [0.4, 0.5) is 4.39 Å². The van der Waals surface area contributed by atoms with Crippen molar-refractivity contribution in [3.63, 3.8) is 0 Å². The van der Waals surface area contributed by atoms with E-state index in [9.17, 15) is 13.4 Å². The first kappa shape index (κ1) is 13.6. The quantitative estimate of drug-likeness (QED) is 0.848. The molecule has 1 rings (SSSR count). The first-order chi connectivity index (χ1) is 7.91. The molecule has 2 unspecified atom stereocenters. The number of benzene rings is 1. The molecule has 94 valence electrons. The van der Waals surface area contributed by atoms with Gasteiger partial charge in [0.25, 0.3) is 5.91 Å². The maximum absolute atomic E-state index is 13.3. The topological polar surface area (TPSA) is 66.4 Å². The van der Waals surface area contributed by atoms with Gasteiger partial charge >= 0.3 is 0 Å². The van der Waals surface area contributed by atoms with Crippen LogP contribution in [-0.4, -0.2) is 33.3 Å². The number of nitrogens with one attached hydrogen (secondary N) is 1. The Kier molecular flexibility index (Phi) is 4.62. The molecule has 1 aromatic carbocycles. The Bertz CT molecular complexity index is 450. The van der Waals surface area contributed by atoms with Crippen molar-refractivity contribution in [2.24, 2.45) is 0 Å². The van der Waals surface area contributed by atoms with Gasteiger partial charge < -0.3 is 10.4 Å². The normalized spacial score (nSPS) is 14.1. The lowest BCUT2D eigenvalue weighted by Crippen LogP contribution is -2.33. The van der Waals surface area contributed by atoms with Crippen LogP contribution in [0.3, 0.4) is 0 Å². The highest BCUT2D eigenvalue weighted by Crippen LogP contribution is 2.14. The number of carbonyl (C=O) groups is 1. The third-order valence-corrected chi connectivity index (χ3v) is 3.61. The average Bonchev–Trinajstić information content (AvgIpc) is 2.25. The van der Waals surface area contributed by atoms with Gasteiger partial charge in [-0.2, -0.15) is 0 Å². The smallest absolute Gasteiger partial charge is 0.254 e. The van der Waals surface area contributed by atoms with Crippen molar-refractivity contribution in [2.75, 3.05) is 12.8 Å². The SMILES string of the molecule is CC(CNC(=O)c1ccc(O)cc1F)S(C)=O. The van der Waals surface area contributed by atoms with Crippen LogP contribution in [0.1, 0.15) is 17.3 Å². The fourth-order valence-corrected chi connectivity index (χ4v) is 1.46. The van der Waals surface area contributed by atoms with Crippen molar-refractivity contribution in [1.82, 2.24) is 5.32 Å². The molecule has 0 fully saturated rings. The zero-order valence-electron chi connectivity index (χ0n) is 9.57. The van der Waals surface area contributed by atoms with Crippen LogP contribution in [0.5, 0.6) is 5.75 Å². The molecule has 4 nitrogen and oxygen atoms in total. The van der Waals surface area contributed by atoms with Crippen molar-refractivity contribution >= 4 is 16.7 Å². The number of halogens is 1. The summed E-state index contributed by atoms with van der Waals surface area (Å²) in [6.45, 7) is 1.94. The van der Waals surface area contributed by atoms with Crippen LogP contribution in [-0.2, 0) is 10.8 Å². The molecule has 2 N–H and O–H groups in total. The standard InChI is InChI=1S/C11H14FNO3S/c1-7(17(2)16)6-13-11(15)9-4-3-8(14)5-10(9)12/h3-5,7,14H,6H2,1-2H3,(H,13,15). The van der Waals surface area contributed by atoms with Crippen molar-refractivity contribution in [3.05, 3.63) is 29.6 Å². The highest BCUT2D eigenvalue weighted by Gasteiger charge is 2.14. The van der Waals surface area contributed by atoms with E-state index in [1.54, 1.807) is 6.92 Å². The van der Waals surface area contributed by atoms with Gasteiger partial charge in [0.1, 0.15) is 11.6 Å². The van der Waals surface area contributed by atoms with Gasteiger partial charge in [0.2, 0.25) is 0 Å². The minimum Gasteiger partial charge on any atom is -0.508 e. The second-order valence-corrected chi connectivity index (χ2v) is 5.49. The van der Waals surface area contributed by atoms with Gasteiger partial charge in [-0.3, -0.25) is 9.00 Å². The second-order valence-electron chi connectivity index (χ2n) is 3.68. The Morgan fingerprint density at radius 1 is 1.59 bits per heavy atom. The predicted octanol–water partition coefficient (Wildman–Crippen LogP) is 1.03. The zero-order chi connectivity index (χ0) is 13.0. The molecular weight excluding hydrogens is 245 g/mol. The summed E-state index contributed by atoms with van der Waals surface area (Å²) in [7, 11) is -1.04. The monoisotopic (exact) mass is 259 g/mol. The molecule has 0 aromatic heterocycles. The molecule has 0 bridgehead atoms. The first-order valence-electron chi connectivity index (χ1n) is 5.00. The van der Waals surface area contributed by atoms with E-state index in [4.69, 9.17) is 5.11 Å². The van der Waals surface area contributed by atoms with Gasteiger partial charge in [0, 0.05) is 34.9 Å². The first-order valence-corrected chi connectivity index (χ1v) is 6.63. The molecule has 0 spiro atoms. The Hall–Kier alpha value is -1.43. The third kappa shape index (κ3) is 3.81. The van der Waals surface area contributed by atoms with Crippen LogP contribution < -0.4 is 5.32 Å². The summed E-state index contributed by atoms with van der Waals surface area (Å²) < 4.78 is 24.4. The molecule has 2 atom stereocenters. The van der Waals surface area contributed by atoms with Crippen LogP contribution in [0.15, 0.2) is 18.2 Å². The lowest BCUT2D eigenvalue weighted by atomic mass is 10.2. The van der Waals surface area contributed by atoms with E-state index in [2.05, 4.69) is 5.32 Å². The van der Waals surface area contributed by atoms with Gasteiger partial charge in [-0.25, -0.2) is 4.39 Å². The highest BCUT2D eigenvalue weighted by molar-refractivity contribution is 7.84. The van der Waals surface area contributed by atoms with Crippen LogP contribution in [0.2, 0.25) is 0 Å². The summed E-state index contributed by atoms with van der Waals surface area (Å²) in [6, 6.07) is 3.31. The lowest BCUT2D eigenvalue weighted by molar-refractivity contribution is 0.0950. The number of amides is 1. The molecule has 1 aromatic rings. The number of phenolic OH excluding ortho intramolecular Hbond substituents is 1. The van der Waals surface area contributed by atoms with Crippen molar-refractivity contribution in [3.8, 4) is 5.75 Å². The summed E-state index contributed by atoms with van der Waals surface area (Å²) in [4.78, 5) is 11.6. The maximum atomic E-state index is 13.3. The van der Waals surface area contributed by atoms with Gasteiger partial charge in [-0.15, -0.1) is 0 Å². The molecule has 0 aliphatic carbocycles. The number of carbonyl (C=O) groups excluding carboxylic acids is 1. The fraction of sp³-hybridized carbons (Fsp3) is 0.364. The molecule has 0 saturated carbocycles. The molecule has 0 heterocycles. The van der Waals surface area contributed by atoms with Crippen molar-refractivity contribution in [1.29, 1.82) is 0 Å². The van der Waals surface area contributed by atoms with Gasteiger partial charge in [-0.05, 0) is 19.1 Å². The Labute approximate surface area is 101 Å². The molecular formula is C11H14FNO3S. The maximum Gasteiger partial charge on any atom is 0.254 e. The van der Waals surface area contributed by atoms with Crippen molar-refractivity contribution in [2.45, 2.75) is 12.2 Å². The molecule has 17 heavy (non-hydrogen) atoms. The Morgan fingerprint density at radius 3 is 2.76 bits per heavy atom. The molecule has 0 aliphatic heterocycles. The largest absolute Gasteiger partial charge is 0.508 e. The zero-order valence-corrected chi connectivity index (χ0v) is 10.4. The summed E-state index contributed by atoms with van der Waals surface area (Å²) in [5.74, 6) is -1.60. The number of aromatic hydroxyl groups is 1. The fourth-order valence-electron chi connectivity index (χ4n) is 1.14. The van der Waals surface area contributed by atoms with Crippen molar-refractivity contribution < 1.29 is 18.5 Å². The number of hydrogen-bond donors (Lipinski definition) is 2. The predicted molar refractivity (Wildman–Crippen MR) is 63.9 cm³/mol. The summed E-state index contributed by atoms with van der Waals surface area (Å²) >= 11 is 0. The van der Waals surface area contributed by atoms with Gasteiger partial charge in [-0.1, -0.05) is 0 Å². The van der Waals surface area contributed by atoms with E-state index >= 15 is 0 Å². The van der Waals surface area contributed by atoms with E-state index in [1.807, 2.05) is 0 Å². The highest BCUT2D eigenvalue weighted by atomic mass is 32.2. The second kappa shape index (κ2) is 5.77. The van der Waals surface area contributed by atoms with E-state index in [1.165, 1.54) is 18.4 Å². The van der Waals surface area contributed by atoms with E-state index in [-0.39, 0.29) is 23.1 Å². The minimum absolute atomic E-state index is 0.142. The van der Waals surface area contributed by atoms with Crippen LogP contribution in [0, 0.1) is 5.82 Å². The number of hydrogen-bond acceptors (Lipinski definition) is 3. The molecule has 0 radical (unpaired) electrons. The molecule has 1 amide bonds. The third-order valence-electron chi connectivity index (χ3n) is 2.31. The van der Waals surface area contributed by atoms with E-state index in [0.29, 0.717) is 0 Å². The summed E-state index contributed by atoms with van der Waals surface area (Å²) in [5, 5.41) is 11.3. The average molecular weight is 259 g/mol. The van der Waals surface area contributed by atoms with Crippen LogP contribution in [0.25, 0.3) is 0 Å². The summed E-state index contributed by atoms with van der Waals surface area (Å²) in [6.07, 6.45) is 1.54. The molecule has 6 heteroatoms. The van der Waals surface area contributed by atoms with Gasteiger partial charge in [0.15, 0.2) is 0 Å². The Morgan fingerprint density at radius 2 is 2.24 bits per heavy atom. The molecule has 0 aliphatic rings. The van der Waals surface area contributed by atoms with Gasteiger partial charge in [0.05, 0.1) is 5.56 Å². The van der Waals surface area contributed by atoms with E-state index < -0.39 is 22.5 Å². The minimum atomic E-state index is -1.04. The number of phenols is 1.